The Balaban J connectivity index is 1.36. The van der Waals surface area contributed by atoms with Crippen LogP contribution in [0.15, 0.2) is 34.3 Å². The molecule has 162 valence electrons. The van der Waals surface area contributed by atoms with Gasteiger partial charge in [0.1, 0.15) is 0 Å². The third-order valence-electron chi connectivity index (χ3n) is 5.02. The highest BCUT2D eigenvalue weighted by Gasteiger charge is 2.26. The van der Waals surface area contributed by atoms with E-state index in [1.807, 2.05) is 0 Å². The fourth-order valence-electron chi connectivity index (χ4n) is 3.36. The van der Waals surface area contributed by atoms with Crippen LogP contribution < -0.4 is 0 Å². The highest BCUT2D eigenvalue weighted by molar-refractivity contribution is 7.99. The standard InChI is InChI=1S/C18H23N5O5S2/c24-17(13-29-18-19-20-21-23(18)12-15-2-1-9-28-15)14-3-5-16(6-4-14)30(25,26)22-7-10-27-11-8-22/h3-6,15H,1-2,7-13H2/t15-/m1/s1. The van der Waals surface area contributed by atoms with Gasteiger partial charge in [-0.15, -0.1) is 5.10 Å². The van der Waals surface area contributed by atoms with Crippen molar-refractivity contribution >= 4 is 27.6 Å². The monoisotopic (exact) mass is 453 g/mol. The van der Waals surface area contributed by atoms with Gasteiger partial charge >= 0.3 is 0 Å². The minimum Gasteiger partial charge on any atom is -0.379 e. The largest absolute Gasteiger partial charge is 0.379 e. The van der Waals surface area contributed by atoms with Crippen LogP contribution in [0.3, 0.4) is 0 Å². The maximum absolute atomic E-state index is 12.7. The van der Waals surface area contributed by atoms with Gasteiger partial charge in [0, 0.05) is 25.3 Å². The Morgan fingerprint density at radius 3 is 2.63 bits per heavy atom. The Kier molecular flexibility index (Phi) is 6.78. The van der Waals surface area contributed by atoms with E-state index >= 15 is 0 Å². The predicted molar refractivity (Wildman–Crippen MR) is 108 cm³/mol. The molecule has 2 aromatic rings. The molecular weight excluding hydrogens is 430 g/mol. The van der Waals surface area contributed by atoms with Gasteiger partial charge in [-0.3, -0.25) is 4.79 Å². The van der Waals surface area contributed by atoms with Crippen molar-refractivity contribution in [3.05, 3.63) is 29.8 Å². The van der Waals surface area contributed by atoms with Crippen molar-refractivity contribution in [2.24, 2.45) is 0 Å². The number of nitrogens with zero attached hydrogens (tertiary/aromatic N) is 5. The number of ether oxygens (including phenoxy) is 2. The second kappa shape index (κ2) is 9.52. The number of thioether (sulfide) groups is 1. The van der Waals surface area contributed by atoms with Gasteiger partial charge in [-0.1, -0.05) is 23.9 Å². The van der Waals surface area contributed by atoms with E-state index in [-0.39, 0.29) is 22.5 Å². The zero-order valence-electron chi connectivity index (χ0n) is 16.3. The smallest absolute Gasteiger partial charge is 0.243 e. The Morgan fingerprint density at radius 2 is 1.93 bits per heavy atom. The van der Waals surface area contributed by atoms with Gasteiger partial charge in [0.15, 0.2) is 5.78 Å². The average molecular weight is 454 g/mol. The van der Waals surface area contributed by atoms with Crippen molar-refractivity contribution in [2.75, 3.05) is 38.7 Å². The normalized spacial score (nSPS) is 20.5. The maximum Gasteiger partial charge on any atom is 0.243 e. The van der Waals surface area contributed by atoms with E-state index in [9.17, 15) is 13.2 Å². The summed E-state index contributed by atoms with van der Waals surface area (Å²) in [7, 11) is -3.57. The Bertz CT molecular complexity index is 967. The highest BCUT2D eigenvalue weighted by atomic mass is 32.2. The van der Waals surface area contributed by atoms with E-state index in [1.165, 1.54) is 28.2 Å². The molecule has 0 unspecified atom stereocenters. The second-order valence-corrected chi connectivity index (χ2v) is 9.91. The molecule has 0 spiro atoms. The lowest BCUT2D eigenvalue weighted by Crippen LogP contribution is -2.40. The van der Waals surface area contributed by atoms with Gasteiger partial charge in [-0.25, -0.2) is 13.1 Å². The molecule has 4 rings (SSSR count). The number of Topliss-reactive ketones (excluding diaryl/α,β-unsaturated/α-hetero) is 1. The summed E-state index contributed by atoms with van der Waals surface area (Å²) in [5.41, 5.74) is 0.446. The molecule has 2 fully saturated rings. The summed E-state index contributed by atoms with van der Waals surface area (Å²) in [6, 6.07) is 6.05. The zero-order chi connectivity index (χ0) is 21.0. The first-order chi connectivity index (χ1) is 14.5. The molecule has 0 aliphatic carbocycles. The quantitative estimate of drug-likeness (QED) is 0.423. The molecule has 2 aliphatic heterocycles. The molecule has 12 heteroatoms. The predicted octanol–water partition coefficient (Wildman–Crippen LogP) is 0.848. The molecule has 0 amide bonds. The summed E-state index contributed by atoms with van der Waals surface area (Å²) in [6.45, 7) is 2.77. The topological polar surface area (TPSA) is 117 Å². The van der Waals surface area contributed by atoms with Crippen LogP contribution >= 0.6 is 11.8 Å². The first-order valence-corrected chi connectivity index (χ1v) is 12.2. The molecule has 10 nitrogen and oxygen atoms in total. The number of carbonyl (C=O) groups is 1. The zero-order valence-corrected chi connectivity index (χ0v) is 18.0. The van der Waals surface area contributed by atoms with Crippen molar-refractivity contribution in [3.8, 4) is 0 Å². The summed E-state index contributed by atoms with van der Waals surface area (Å²) in [4.78, 5) is 12.7. The Hall–Kier alpha value is -1.86. The van der Waals surface area contributed by atoms with Gasteiger partial charge in [0.05, 0.1) is 36.5 Å². The lowest BCUT2D eigenvalue weighted by atomic mass is 10.1. The summed E-state index contributed by atoms with van der Waals surface area (Å²) in [5.74, 6) is 0.0311. The first kappa shape index (κ1) is 21.4. The van der Waals surface area contributed by atoms with E-state index in [1.54, 1.807) is 16.8 Å². The van der Waals surface area contributed by atoms with Crippen molar-refractivity contribution in [2.45, 2.75) is 35.5 Å². The SMILES string of the molecule is O=C(CSc1nnnn1C[C@H]1CCCO1)c1ccc(S(=O)(=O)N2CCOCC2)cc1. The van der Waals surface area contributed by atoms with E-state index in [4.69, 9.17) is 9.47 Å². The van der Waals surface area contributed by atoms with Crippen LogP contribution in [0.4, 0.5) is 0 Å². The molecule has 2 aliphatic rings. The van der Waals surface area contributed by atoms with Gasteiger partial charge in [0.25, 0.3) is 0 Å². The molecule has 1 atom stereocenters. The number of morpholine rings is 1. The summed E-state index contributed by atoms with van der Waals surface area (Å²) in [5, 5.41) is 12.2. The van der Waals surface area contributed by atoms with Crippen molar-refractivity contribution in [1.29, 1.82) is 0 Å². The molecule has 30 heavy (non-hydrogen) atoms. The summed E-state index contributed by atoms with van der Waals surface area (Å²) < 4.78 is 39.2. The highest BCUT2D eigenvalue weighted by Crippen LogP contribution is 2.21. The van der Waals surface area contributed by atoms with Crippen molar-refractivity contribution < 1.29 is 22.7 Å². The van der Waals surface area contributed by atoms with Crippen LogP contribution in [-0.2, 0) is 26.0 Å². The summed E-state index contributed by atoms with van der Waals surface area (Å²) >= 11 is 1.25. The molecule has 1 aromatic heterocycles. The number of ketones is 1. The molecule has 1 aromatic carbocycles. The number of rotatable bonds is 8. The number of hydrogen-bond acceptors (Lipinski definition) is 9. The minimum atomic E-state index is -3.57. The molecule has 0 bridgehead atoms. The molecule has 0 N–H and O–H groups in total. The molecular formula is C18H23N5O5S2. The number of hydrogen-bond donors (Lipinski definition) is 0. The van der Waals surface area contributed by atoms with Gasteiger partial charge in [-0.05, 0) is 35.4 Å². The number of sulfonamides is 1. The van der Waals surface area contributed by atoms with Gasteiger partial charge in [0.2, 0.25) is 15.2 Å². The second-order valence-electron chi connectivity index (χ2n) is 7.03. The lowest BCUT2D eigenvalue weighted by Gasteiger charge is -2.26. The Labute approximate surface area is 179 Å². The first-order valence-electron chi connectivity index (χ1n) is 9.76. The van der Waals surface area contributed by atoms with Gasteiger partial charge in [-0.2, -0.15) is 4.31 Å². The number of carbonyl (C=O) groups excluding carboxylic acids is 1. The molecule has 2 saturated heterocycles. The van der Waals surface area contributed by atoms with Crippen molar-refractivity contribution in [3.63, 3.8) is 0 Å². The number of aromatic nitrogens is 4. The van der Waals surface area contributed by atoms with Crippen LogP contribution in [0, 0.1) is 0 Å². The molecule has 0 saturated carbocycles. The fourth-order valence-corrected chi connectivity index (χ4v) is 5.55. The molecule has 0 radical (unpaired) electrons. The van der Waals surface area contributed by atoms with Gasteiger partial charge < -0.3 is 9.47 Å². The van der Waals surface area contributed by atoms with Crippen LogP contribution in [0.1, 0.15) is 23.2 Å². The van der Waals surface area contributed by atoms with E-state index in [2.05, 4.69) is 15.5 Å². The Morgan fingerprint density at radius 1 is 1.17 bits per heavy atom. The minimum absolute atomic E-state index is 0.101. The lowest BCUT2D eigenvalue weighted by molar-refractivity contribution is 0.0730. The third-order valence-corrected chi connectivity index (χ3v) is 7.89. The summed E-state index contributed by atoms with van der Waals surface area (Å²) in [6.07, 6.45) is 2.11. The van der Waals surface area contributed by atoms with Crippen LogP contribution in [0.2, 0.25) is 0 Å². The molecule has 3 heterocycles. The van der Waals surface area contributed by atoms with E-state index < -0.39 is 10.0 Å². The van der Waals surface area contributed by atoms with Crippen LogP contribution in [0.25, 0.3) is 0 Å². The fraction of sp³-hybridized carbons (Fsp3) is 0.556. The van der Waals surface area contributed by atoms with E-state index in [0.717, 1.165) is 19.4 Å². The van der Waals surface area contributed by atoms with E-state index in [0.29, 0.717) is 43.6 Å². The maximum atomic E-state index is 12.7. The number of tetrazole rings is 1. The van der Waals surface area contributed by atoms with Crippen molar-refractivity contribution in [1.82, 2.24) is 24.5 Å². The van der Waals surface area contributed by atoms with Crippen LogP contribution in [0.5, 0.6) is 0 Å². The van der Waals surface area contributed by atoms with Crippen LogP contribution in [-0.4, -0.2) is 83.5 Å². The third kappa shape index (κ3) is 4.89. The average Bonchev–Trinajstić information content (AvgIpc) is 3.45. The number of benzene rings is 1.